The molecule has 0 aromatic carbocycles. The third-order valence-electron chi connectivity index (χ3n) is 1.42. The van der Waals surface area contributed by atoms with Crippen LogP contribution in [0.3, 0.4) is 0 Å². The van der Waals surface area contributed by atoms with E-state index in [-0.39, 0.29) is 0 Å². The molecule has 0 saturated carbocycles. The number of nitrogens with one attached hydrogen (secondary N) is 1. The van der Waals surface area contributed by atoms with Crippen LogP contribution in [-0.4, -0.2) is 4.98 Å². The number of aromatic amines is 1. The van der Waals surface area contributed by atoms with Gasteiger partial charge in [0, 0.05) is 5.69 Å². The number of aryl methyl sites for hydroxylation is 1. The molecule has 0 bridgehead atoms. The van der Waals surface area contributed by atoms with E-state index in [2.05, 4.69) is 11.6 Å². The van der Waals surface area contributed by atoms with Crippen LogP contribution >= 0.6 is 11.6 Å². The molecule has 0 unspecified atom stereocenters. The molecular formula is C9H10ClN. The molecule has 1 rings (SSSR count). The van der Waals surface area contributed by atoms with Crippen molar-refractivity contribution in [3.05, 3.63) is 41.2 Å². The fraction of sp³-hybridized carbons (Fsp3) is 0.111. The zero-order valence-electron chi connectivity index (χ0n) is 6.39. The second-order valence-electron chi connectivity index (χ2n) is 2.31. The molecule has 2 heteroatoms. The van der Waals surface area contributed by atoms with Gasteiger partial charge in [0.1, 0.15) is 5.15 Å². The highest BCUT2D eigenvalue weighted by Gasteiger charge is 1.96. The van der Waals surface area contributed by atoms with Crippen molar-refractivity contribution in [2.75, 3.05) is 0 Å². The molecule has 58 valence electrons. The highest BCUT2D eigenvalue weighted by molar-refractivity contribution is 6.29. The molecule has 0 aliphatic carbocycles. The Morgan fingerprint density at radius 2 is 2.36 bits per heavy atom. The summed E-state index contributed by atoms with van der Waals surface area (Å²) in [7, 11) is 0. The molecule has 1 aromatic rings. The van der Waals surface area contributed by atoms with Crippen LogP contribution in [0.2, 0.25) is 5.15 Å². The molecular weight excluding hydrogens is 158 g/mol. The zero-order chi connectivity index (χ0) is 8.27. The summed E-state index contributed by atoms with van der Waals surface area (Å²) in [5, 5.41) is 0.672. The molecule has 0 aliphatic heterocycles. The summed E-state index contributed by atoms with van der Waals surface area (Å²) in [4.78, 5) is 3.01. The van der Waals surface area contributed by atoms with Gasteiger partial charge in [0.05, 0.1) is 0 Å². The number of hydrogen-bond acceptors (Lipinski definition) is 0. The van der Waals surface area contributed by atoms with Gasteiger partial charge in [-0.1, -0.05) is 30.3 Å². The van der Waals surface area contributed by atoms with Gasteiger partial charge in [-0.3, -0.25) is 0 Å². The monoisotopic (exact) mass is 167 g/mol. The lowest BCUT2D eigenvalue weighted by molar-refractivity contribution is 1.34. The van der Waals surface area contributed by atoms with Crippen LogP contribution in [0.5, 0.6) is 0 Å². The smallest absolute Gasteiger partial charge is 0.106 e. The SMILES string of the molecule is C=C/C=C\c1[nH]c(Cl)cc1C. The van der Waals surface area contributed by atoms with Crippen LogP contribution in [-0.2, 0) is 0 Å². The fourth-order valence-electron chi connectivity index (χ4n) is 0.869. The molecule has 1 heterocycles. The number of aromatic nitrogens is 1. The van der Waals surface area contributed by atoms with Gasteiger partial charge in [-0.25, -0.2) is 0 Å². The van der Waals surface area contributed by atoms with Crippen molar-refractivity contribution in [3.8, 4) is 0 Å². The zero-order valence-corrected chi connectivity index (χ0v) is 7.15. The van der Waals surface area contributed by atoms with E-state index < -0.39 is 0 Å². The van der Waals surface area contributed by atoms with Crippen LogP contribution < -0.4 is 0 Å². The number of rotatable bonds is 2. The Morgan fingerprint density at radius 3 is 2.82 bits per heavy atom. The van der Waals surface area contributed by atoms with Crippen LogP contribution in [0.1, 0.15) is 11.3 Å². The summed E-state index contributed by atoms with van der Waals surface area (Å²) < 4.78 is 0. The van der Waals surface area contributed by atoms with Gasteiger partial charge in [-0.15, -0.1) is 0 Å². The predicted octanol–water partition coefficient (Wildman–Crippen LogP) is 3.18. The molecule has 11 heavy (non-hydrogen) atoms. The second kappa shape index (κ2) is 3.44. The van der Waals surface area contributed by atoms with Crippen molar-refractivity contribution < 1.29 is 0 Å². The fourth-order valence-corrected chi connectivity index (χ4v) is 1.13. The summed E-state index contributed by atoms with van der Waals surface area (Å²) in [6, 6.07) is 1.89. The minimum absolute atomic E-state index is 0.672. The highest BCUT2D eigenvalue weighted by Crippen LogP contribution is 2.14. The average molecular weight is 168 g/mol. The lowest BCUT2D eigenvalue weighted by atomic mass is 10.2. The molecule has 0 atom stereocenters. The van der Waals surface area contributed by atoms with Gasteiger partial charge < -0.3 is 4.98 Å². The van der Waals surface area contributed by atoms with Gasteiger partial charge >= 0.3 is 0 Å². The Morgan fingerprint density at radius 1 is 1.64 bits per heavy atom. The first kappa shape index (κ1) is 8.15. The van der Waals surface area contributed by atoms with Crippen molar-refractivity contribution in [3.63, 3.8) is 0 Å². The Kier molecular flexibility index (Phi) is 2.55. The van der Waals surface area contributed by atoms with Gasteiger partial charge in [0.15, 0.2) is 0 Å². The quantitative estimate of drug-likeness (QED) is 0.652. The van der Waals surface area contributed by atoms with E-state index in [4.69, 9.17) is 11.6 Å². The molecule has 0 aliphatic rings. The lowest BCUT2D eigenvalue weighted by Crippen LogP contribution is -1.72. The molecule has 0 amide bonds. The molecule has 0 radical (unpaired) electrons. The number of allylic oxidation sites excluding steroid dienone is 2. The molecule has 0 spiro atoms. The van der Waals surface area contributed by atoms with Crippen molar-refractivity contribution in [2.45, 2.75) is 6.92 Å². The molecule has 0 saturated heterocycles. The van der Waals surface area contributed by atoms with Crippen molar-refractivity contribution in [2.24, 2.45) is 0 Å². The average Bonchev–Trinajstić information content (AvgIpc) is 2.26. The summed E-state index contributed by atoms with van der Waals surface area (Å²) in [6.07, 6.45) is 5.54. The molecule has 1 nitrogen and oxygen atoms in total. The summed E-state index contributed by atoms with van der Waals surface area (Å²) in [5.74, 6) is 0. The maximum absolute atomic E-state index is 5.73. The maximum Gasteiger partial charge on any atom is 0.106 e. The number of halogens is 1. The van der Waals surface area contributed by atoms with Crippen LogP contribution in [0.4, 0.5) is 0 Å². The van der Waals surface area contributed by atoms with Gasteiger partial charge in [-0.2, -0.15) is 0 Å². The molecule has 0 fully saturated rings. The van der Waals surface area contributed by atoms with Gasteiger partial charge in [0.25, 0.3) is 0 Å². The largest absolute Gasteiger partial charge is 0.346 e. The predicted molar refractivity (Wildman–Crippen MR) is 49.8 cm³/mol. The number of H-pyrrole nitrogens is 1. The van der Waals surface area contributed by atoms with E-state index >= 15 is 0 Å². The lowest BCUT2D eigenvalue weighted by Gasteiger charge is -1.86. The summed E-state index contributed by atoms with van der Waals surface area (Å²) >= 11 is 5.73. The van der Waals surface area contributed by atoms with Crippen LogP contribution in [0.15, 0.2) is 24.8 Å². The number of hydrogen-bond donors (Lipinski definition) is 1. The Balaban J connectivity index is 2.93. The van der Waals surface area contributed by atoms with Crippen molar-refractivity contribution in [1.82, 2.24) is 4.98 Å². The first-order chi connectivity index (χ1) is 5.24. The van der Waals surface area contributed by atoms with E-state index in [1.165, 1.54) is 0 Å². The van der Waals surface area contributed by atoms with Crippen molar-refractivity contribution in [1.29, 1.82) is 0 Å². The second-order valence-corrected chi connectivity index (χ2v) is 2.72. The van der Waals surface area contributed by atoms with Crippen LogP contribution in [0, 0.1) is 6.92 Å². The van der Waals surface area contributed by atoms with E-state index in [1.807, 2.05) is 25.1 Å². The van der Waals surface area contributed by atoms with E-state index in [0.29, 0.717) is 5.15 Å². The van der Waals surface area contributed by atoms with Gasteiger partial charge in [-0.05, 0) is 24.6 Å². The highest BCUT2D eigenvalue weighted by atomic mass is 35.5. The van der Waals surface area contributed by atoms with Gasteiger partial charge in [0.2, 0.25) is 0 Å². The van der Waals surface area contributed by atoms with Crippen LogP contribution in [0.25, 0.3) is 6.08 Å². The first-order valence-electron chi connectivity index (χ1n) is 3.38. The maximum atomic E-state index is 5.73. The first-order valence-corrected chi connectivity index (χ1v) is 3.76. The normalized spacial score (nSPS) is 10.7. The Bertz CT molecular complexity index is 284. The van der Waals surface area contributed by atoms with E-state index in [9.17, 15) is 0 Å². The molecule has 1 aromatic heterocycles. The van der Waals surface area contributed by atoms with Crippen molar-refractivity contribution >= 4 is 17.7 Å². The Labute approximate surface area is 71.4 Å². The minimum Gasteiger partial charge on any atom is -0.346 e. The van der Waals surface area contributed by atoms with E-state index in [0.717, 1.165) is 11.3 Å². The standard InChI is InChI=1S/C9H10ClN/c1-3-4-5-8-7(2)6-9(10)11-8/h3-6,11H,1H2,2H3/b5-4-. The third-order valence-corrected chi connectivity index (χ3v) is 1.62. The topological polar surface area (TPSA) is 15.8 Å². The summed E-state index contributed by atoms with van der Waals surface area (Å²) in [6.45, 7) is 5.58. The molecule has 1 N–H and O–H groups in total. The summed E-state index contributed by atoms with van der Waals surface area (Å²) in [5.41, 5.74) is 2.18. The Hall–Kier alpha value is -0.950. The van der Waals surface area contributed by atoms with E-state index in [1.54, 1.807) is 6.08 Å². The minimum atomic E-state index is 0.672. The third kappa shape index (κ3) is 1.99.